The molecule has 0 amide bonds. The zero-order valence-electron chi connectivity index (χ0n) is 15.0. The molecule has 0 aliphatic carbocycles. The van der Waals surface area contributed by atoms with Crippen LogP contribution in [0, 0.1) is 35.5 Å². The Balaban J connectivity index is 2.38. The van der Waals surface area contributed by atoms with E-state index in [2.05, 4.69) is 0 Å². The van der Waals surface area contributed by atoms with Crippen LogP contribution in [0.5, 0.6) is 11.5 Å². The summed E-state index contributed by atoms with van der Waals surface area (Å²) < 4.78 is 10.5. The van der Waals surface area contributed by atoms with Gasteiger partial charge in [0.1, 0.15) is 5.92 Å². The van der Waals surface area contributed by atoms with Crippen LogP contribution in [0.1, 0.15) is 33.8 Å². The second kappa shape index (κ2) is 8.69. The molecular formula is C21H20N2O3. The number of rotatable bonds is 7. The highest BCUT2D eigenvalue weighted by molar-refractivity contribution is 5.96. The molecule has 5 nitrogen and oxygen atoms in total. The normalized spacial score (nSPS) is 11.3. The number of carbonyl (C=O) groups excluding carboxylic acids is 1. The molecular weight excluding hydrogens is 328 g/mol. The minimum absolute atomic E-state index is 0.0599. The van der Waals surface area contributed by atoms with Gasteiger partial charge in [0.2, 0.25) is 0 Å². The fourth-order valence-electron chi connectivity index (χ4n) is 2.78. The lowest BCUT2D eigenvalue weighted by Gasteiger charge is -2.19. The third-order valence-corrected chi connectivity index (χ3v) is 4.30. The van der Waals surface area contributed by atoms with Crippen molar-refractivity contribution >= 4 is 5.78 Å². The fourth-order valence-corrected chi connectivity index (χ4v) is 2.78. The van der Waals surface area contributed by atoms with Crippen molar-refractivity contribution in [3.05, 3.63) is 59.2 Å². The third-order valence-electron chi connectivity index (χ3n) is 4.30. The molecule has 26 heavy (non-hydrogen) atoms. The summed E-state index contributed by atoms with van der Waals surface area (Å²) in [6, 6.07) is 16.4. The molecule has 0 bridgehead atoms. The number of ether oxygens (including phenoxy) is 2. The van der Waals surface area contributed by atoms with E-state index in [-0.39, 0.29) is 12.2 Å². The van der Waals surface area contributed by atoms with Crippen LogP contribution in [-0.2, 0) is 0 Å². The van der Waals surface area contributed by atoms with Gasteiger partial charge in [-0.15, -0.1) is 0 Å². The lowest BCUT2D eigenvalue weighted by molar-refractivity contribution is 0.0970. The van der Waals surface area contributed by atoms with E-state index in [0.717, 1.165) is 5.56 Å². The summed E-state index contributed by atoms with van der Waals surface area (Å²) in [6.45, 7) is 1.95. The Morgan fingerprint density at radius 3 is 2.15 bits per heavy atom. The minimum atomic E-state index is -0.942. The SMILES string of the molecule is COc1ccc([C@@H](CC(=O)c2ccc(C)cc2)C(C#N)C#N)cc1OC. The molecule has 0 saturated carbocycles. The summed E-state index contributed by atoms with van der Waals surface area (Å²) in [7, 11) is 3.05. The number of nitriles is 2. The summed E-state index contributed by atoms with van der Waals surface area (Å²) in [5.74, 6) is -0.570. The molecule has 2 aromatic rings. The highest BCUT2D eigenvalue weighted by atomic mass is 16.5. The molecule has 0 radical (unpaired) electrons. The standard InChI is InChI=1S/C21H20N2O3/c1-14-4-6-15(7-5-14)19(24)11-18(17(12-22)13-23)16-8-9-20(25-2)21(10-16)26-3/h4-10,17-18H,11H2,1-3H3/t18-/m1/s1. The van der Waals surface area contributed by atoms with E-state index in [1.807, 2.05) is 31.2 Å². The molecule has 0 aromatic heterocycles. The van der Waals surface area contributed by atoms with Crippen molar-refractivity contribution in [1.29, 1.82) is 10.5 Å². The Kier molecular flexibility index (Phi) is 6.36. The molecule has 2 aromatic carbocycles. The summed E-state index contributed by atoms with van der Waals surface area (Å²) in [5.41, 5.74) is 2.32. The molecule has 0 spiro atoms. The Morgan fingerprint density at radius 1 is 1.00 bits per heavy atom. The Hall–Kier alpha value is -3.31. The summed E-state index contributed by atoms with van der Waals surface area (Å²) in [4.78, 5) is 12.7. The predicted molar refractivity (Wildman–Crippen MR) is 97.1 cm³/mol. The van der Waals surface area contributed by atoms with E-state index in [4.69, 9.17) is 9.47 Å². The van der Waals surface area contributed by atoms with E-state index >= 15 is 0 Å². The molecule has 132 valence electrons. The van der Waals surface area contributed by atoms with Crippen molar-refractivity contribution in [1.82, 2.24) is 0 Å². The van der Waals surface area contributed by atoms with Gasteiger partial charge in [-0.25, -0.2) is 0 Å². The number of Topliss-reactive ketones (excluding diaryl/α,β-unsaturated/α-hetero) is 1. The lowest BCUT2D eigenvalue weighted by atomic mass is 9.82. The number of benzene rings is 2. The third kappa shape index (κ3) is 4.20. The molecule has 1 atom stereocenters. The Labute approximate surface area is 153 Å². The number of nitrogens with zero attached hydrogens (tertiary/aromatic N) is 2. The average Bonchev–Trinajstić information content (AvgIpc) is 2.67. The van der Waals surface area contributed by atoms with Gasteiger partial charge in [0.05, 0.1) is 26.4 Å². The fraction of sp³-hybridized carbons (Fsp3) is 0.286. The zero-order valence-corrected chi connectivity index (χ0v) is 15.0. The first kappa shape index (κ1) is 19.0. The van der Waals surface area contributed by atoms with Crippen LogP contribution in [0.2, 0.25) is 0 Å². The first-order chi connectivity index (χ1) is 12.5. The van der Waals surface area contributed by atoms with Gasteiger partial charge < -0.3 is 9.47 Å². The second-order valence-corrected chi connectivity index (χ2v) is 5.95. The van der Waals surface area contributed by atoms with Crippen LogP contribution in [0.3, 0.4) is 0 Å². The first-order valence-corrected chi connectivity index (χ1v) is 8.15. The van der Waals surface area contributed by atoms with Crippen LogP contribution in [0.15, 0.2) is 42.5 Å². The molecule has 5 heteroatoms. The molecule has 0 aliphatic rings. The van der Waals surface area contributed by atoms with Gasteiger partial charge >= 0.3 is 0 Å². The van der Waals surface area contributed by atoms with Gasteiger partial charge in [-0.2, -0.15) is 10.5 Å². The van der Waals surface area contributed by atoms with Gasteiger partial charge in [0.15, 0.2) is 17.3 Å². The van der Waals surface area contributed by atoms with Crippen molar-refractivity contribution in [2.75, 3.05) is 14.2 Å². The van der Waals surface area contributed by atoms with Crippen LogP contribution in [0.4, 0.5) is 0 Å². The van der Waals surface area contributed by atoms with Crippen molar-refractivity contribution in [2.45, 2.75) is 19.3 Å². The van der Waals surface area contributed by atoms with Crippen LogP contribution in [0.25, 0.3) is 0 Å². The van der Waals surface area contributed by atoms with Gasteiger partial charge in [0, 0.05) is 17.9 Å². The van der Waals surface area contributed by atoms with Crippen molar-refractivity contribution in [2.24, 2.45) is 5.92 Å². The first-order valence-electron chi connectivity index (χ1n) is 8.15. The number of hydrogen-bond donors (Lipinski definition) is 0. The number of carbonyl (C=O) groups is 1. The number of ketones is 1. The van der Waals surface area contributed by atoms with Crippen LogP contribution >= 0.6 is 0 Å². The minimum Gasteiger partial charge on any atom is -0.493 e. The van der Waals surface area contributed by atoms with E-state index < -0.39 is 11.8 Å². The van der Waals surface area contributed by atoms with E-state index in [0.29, 0.717) is 22.6 Å². The monoisotopic (exact) mass is 348 g/mol. The topological polar surface area (TPSA) is 83.1 Å². The lowest BCUT2D eigenvalue weighted by Crippen LogP contribution is -2.15. The van der Waals surface area contributed by atoms with Crippen molar-refractivity contribution in [3.8, 4) is 23.6 Å². The van der Waals surface area contributed by atoms with Gasteiger partial charge in [0.25, 0.3) is 0 Å². The van der Waals surface area contributed by atoms with E-state index in [9.17, 15) is 15.3 Å². The summed E-state index contributed by atoms with van der Waals surface area (Å²) in [6.07, 6.45) is 0.0599. The zero-order chi connectivity index (χ0) is 19.1. The largest absolute Gasteiger partial charge is 0.493 e. The number of hydrogen-bond acceptors (Lipinski definition) is 5. The number of aryl methyl sites for hydroxylation is 1. The highest BCUT2D eigenvalue weighted by Crippen LogP contribution is 2.35. The van der Waals surface area contributed by atoms with Crippen LogP contribution in [-0.4, -0.2) is 20.0 Å². The van der Waals surface area contributed by atoms with Gasteiger partial charge in [-0.1, -0.05) is 35.9 Å². The summed E-state index contributed by atoms with van der Waals surface area (Å²) in [5, 5.41) is 18.7. The van der Waals surface area contributed by atoms with E-state index in [1.54, 1.807) is 30.3 Å². The van der Waals surface area contributed by atoms with Crippen LogP contribution < -0.4 is 9.47 Å². The molecule has 0 fully saturated rings. The maximum Gasteiger partial charge on any atom is 0.163 e. The molecule has 0 N–H and O–H groups in total. The van der Waals surface area contributed by atoms with E-state index in [1.165, 1.54) is 14.2 Å². The van der Waals surface area contributed by atoms with Gasteiger partial charge in [-0.3, -0.25) is 4.79 Å². The molecule has 0 aliphatic heterocycles. The smallest absolute Gasteiger partial charge is 0.163 e. The molecule has 0 saturated heterocycles. The molecule has 0 unspecified atom stereocenters. The summed E-state index contributed by atoms with van der Waals surface area (Å²) >= 11 is 0. The Bertz CT molecular complexity index is 846. The quantitative estimate of drug-likeness (QED) is 0.705. The Morgan fingerprint density at radius 2 is 1.62 bits per heavy atom. The number of methoxy groups -OCH3 is 2. The van der Waals surface area contributed by atoms with Crippen molar-refractivity contribution < 1.29 is 14.3 Å². The predicted octanol–water partition coefficient (Wildman–Crippen LogP) is 4.03. The maximum atomic E-state index is 12.7. The average molecular weight is 348 g/mol. The highest BCUT2D eigenvalue weighted by Gasteiger charge is 2.27. The van der Waals surface area contributed by atoms with Crippen molar-refractivity contribution in [3.63, 3.8) is 0 Å². The maximum absolute atomic E-state index is 12.7. The second-order valence-electron chi connectivity index (χ2n) is 5.95. The van der Waals surface area contributed by atoms with Gasteiger partial charge in [-0.05, 0) is 24.6 Å². The molecule has 0 heterocycles. The molecule has 2 rings (SSSR count).